The summed E-state index contributed by atoms with van der Waals surface area (Å²) in [6.07, 6.45) is 2.77. The summed E-state index contributed by atoms with van der Waals surface area (Å²) in [7, 11) is 1.56. The number of methoxy groups -OCH3 is 1. The van der Waals surface area contributed by atoms with Gasteiger partial charge in [-0.05, 0) is 62.7 Å². The zero-order valence-electron chi connectivity index (χ0n) is 17.5. The second kappa shape index (κ2) is 9.89. The Balaban J connectivity index is 1.16. The van der Waals surface area contributed by atoms with E-state index in [1.54, 1.807) is 37.4 Å². The van der Waals surface area contributed by atoms with Gasteiger partial charge in [0.1, 0.15) is 11.6 Å². The molecule has 7 nitrogen and oxygen atoms in total. The minimum absolute atomic E-state index is 0.292. The van der Waals surface area contributed by atoms with Crippen LogP contribution in [0.5, 0.6) is 5.75 Å². The molecule has 164 valence electrons. The van der Waals surface area contributed by atoms with E-state index >= 15 is 0 Å². The smallest absolute Gasteiger partial charge is 0.274 e. The molecule has 8 heteroatoms. The Morgan fingerprint density at radius 1 is 1.26 bits per heavy atom. The van der Waals surface area contributed by atoms with E-state index in [1.807, 2.05) is 0 Å². The van der Waals surface area contributed by atoms with Gasteiger partial charge in [0.05, 0.1) is 19.4 Å². The number of nitrogens with zero attached hydrogens (tertiary/aromatic N) is 2. The quantitative estimate of drug-likeness (QED) is 0.434. The van der Waals surface area contributed by atoms with Crippen LogP contribution in [0.3, 0.4) is 0 Å². The lowest BCUT2D eigenvalue weighted by Crippen LogP contribution is -2.34. The van der Waals surface area contributed by atoms with Gasteiger partial charge in [0.25, 0.3) is 5.91 Å². The van der Waals surface area contributed by atoms with Crippen molar-refractivity contribution in [1.29, 1.82) is 0 Å². The van der Waals surface area contributed by atoms with Gasteiger partial charge in [0.2, 0.25) is 0 Å². The van der Waals surface area contributed by atoms with E-state index < -0.39 is 0 Å². The number of carbonyl (C=O) groups is 1. The Bertz CT molecular complexity index is 1030. The molecular formula is C23H26FN3O4. The number of carbonyl (C=O) groups excluding carboxylic acids is 1. The number of piperidine rings is 1. The van der Waals surface area contributed by atoms with Crippen molar-refractivity contribution >= 4 is 16.9 Å². The highest BCUT2D eigenvalue weighted by atomic mass is 19.1. The van der Waals surface area contributed by atoms with Crippen LogP contribution in [-0.4, -0.2) is 49.3 Å². The fourth-order valence-electron chi connectivity index (χ4n) is 3.96. The summed E-state index contributed by atoms with van der Waals surface area (Å²) in [4.78, 5) is 19.8. The first kappa shape index (κ1) is 21.3. The highest BCUT2D eigenvalue weighted by Gasteiger charge is 2.25. The highest BCUT2D eigenvalue weighted by Crippen LogP contribution is 2.32. The van der Waals surface area contributed by atoms with Gasteiger partial charge in [-0.1, -0.05) is 11.2 Å². The first-order valence-corrected chi connectivity index (χ1v) is 10.5. The van der Waals surface area contributed by atoms with Gasteiger partial charge in [-0.2, -0.15) is 0 Å². The van der Waals surface area contributed by atoms with E-state index in [4.69, 9.17) is 14.1 Å². The fourth-order valence-corrected chi connectivity index (χ4v) is 3.96. The fraction of sp³-hybridized carbons (Fsp3) is 0.391. The molecule has 1 amide bonds. The summed E-state index contributed by atoms with van der Waals surface area (Å²) in [5.41, 5.74) is 4.40. The number of benzene rings is 2. The minimum Gasteiger partial charge on any atom is -0.497 e. The Hall–Kier alpha value is -2.97. The zero-order valence-corrected chi connectivity index (χ0v) is 17.5. The third kappa shape index (κ3) is 5.21. The number of amides is 1. The lowest BCUT2D eigenvalue weighted by atomic mass is 9.91. The second-order valence-corrected chi connectivity index (χ2v) is 7.69. The van der Waals surface area contributed by atoms with Crippen LogP contribution >= 0.6 is 0 Å². The summed E-state index contributed by atoms with van der Waals surface area (Å²) in [5.74, 6) is 0.342. The monoisotopic (exact) mass is 427 g/mol. The van der Waals surface area contributed by atoms with Crippen LogP contribution in [-0.2, 0) is 4.84 Å². The van der Waals surface area contributed by atoms with Gasteiger partial charge < -0.3 is 14.2 Å². The minimum atomic E-state index is -0.313. The van der Waals surface area contributed by atoms with Crippen molar-refractivity contribution in [2.75, 3.05) is 33.4 Å². The third-order valence-corrected chi connectivity index (χ3v) is 5.65. The van der Waals surface area contributed by atoms with E-state index in [0.717, 1.165) is 50.0 Å². The van der Waals surface area contributed by atoms with Gasteiger partial charge in [-0.15, -0.1) is 0 Å². The number of likely N-dealkylation sites (tertiary alicyclic amines) is 1. The molecule has 0 radical (unpaired) electrons. The number of halogens is 1. The van der Waals surface area contributed by atoms with Crippen LogP contribution in [0.2, 0.25) is 0 Å². The molecule has 0 aliphatic carbocycles. The standard InChI is InChI=1S/C23H26FN3O4/c1-29-19-5-2-4-17(14-19)23(28)26-30-13-3-10-27-11-8-16(9-12-27)22-20-7-6-18(24)15-21(20)31-25-22/h2,4-7,14-16H,3,8-13H2,1H3,(H,26,28). The topological polar surface area (TPSA) is 76.8 Å². The second-order valence-electron chi connectivity index (χ2n) is 7.69. The molecule has 0 bridgehead atoms. The Kier molecular flexibility index (Phi) is 6.79. The molecule has 0 saturated carbocycles. The van der Waals surface area contributed by atoms with Crippen molar-refractivity contribution in [3.05, 3.63) is 59.5 Å². The summed E-state index contributed by atoms with van der Waals surface area (Å²) in [6, 6.07) is 11.5. The van der Waals surface area contributed by atoms with E-state index in [9.17, 15) is 9.18 Å². The van der Waals surface area contributed by atoms with Crippen LogP contribution in [0.15, 0.2) is 47.0 Å². The zero-order chi connectivity index (χ0) is 21.6. The van der Waals surface area contributed by atoms with Gasteiger partial charge in [0, 0.05) is 29.5 Å². The molecule has 3 aromatic rings. The van der Waals surface area contributed by atoms with Gasteiger partial charge in [-0.25, -0.2) is 9.87 Å². The number of hydroxylamine groups is 1. The largest absolute Gasteiger partial charge is 0.497 e. The average Bonchev–Trinajstić information content (AvgIpc) is 3.22. The van der Waals surface area contributed by atoms with Gasteiger partial charge in [-0.3, -0.25) is 9.63 Å². The van der Waals surface area contributed by atoms with E-state index in [-0.39, 0.29) is 11.7 Å². The molecule has 2 aromatic carbocycles. The molecule has 31 heavy (non-hydrogen) atoms. The van der Waals surface area contributed by atoms with Crippen LogP contribution in [0.4, 0.5) is 4.39 Å². The number of fused-ring (bicyclic) bond motifs is 1. The van der Waals surface area contributed by atoms with Crippen molar-refractivity contribution in [3.8, 4) is 5.75 Å². The van der Waals surface area contributed by atoms with Crippen molar-refractivity contribution in [1.82, 2.24) is 15.5 Å². The van der Waals surface area contributed by atoms with Crippen LogP contribution < -0.4 is 10.2 Å². The molecule has 1 aliphatic heterocycles. The lowest BCUT2D eigenvalue weighted by molar-refractivity contribution is 0.0270. The lowest BCUT2D eigenvalue weighted by Gasteiger charge is -2.31. The molecule has 0 unspecified atom stereocenters. The maximum absolute atomic E-state index is 13.3. The predicted molar refractivity (Wildman–Crippen MR) is 113 cm³/mol. The molecule has 2 heterocycles. The Morgan fingerprint density at radius 3 is 2.90 bits per heavy atom. The molecule has 1 fully saturated rings. The Labute approximate surface area is 180 Å². The van der Waals surface area contributed by atoms with Gasteiger partial charge >= 0.3 is 0 Å². The number of hydrogen-bond acceptors (Lipinski definition) is 6. The number of rotatable bonds is 8. The third-order valence-electron chi connectivity index (χ3n) is 5.65. The molecule has 0 spiro atoms. The molecule has 1 aromatic heterocycles. The SMILES string of the molecule is COc1cccc(C(=O)NOCCCN2CCC(c3noc4cc(F)ccc34)CC2)c1. The van der Waals surface area contributed by atoms with Crippen molar-refractivity contribution < 1.29 is 23.3 Å². The van der Waals surface area contributed by atoms with Gasteiger partial charge in [0.15, 0.2) is 5.58 Å². The van der Waals surface area contributed by atoms with Crippen LogP contribution in [0.1, 0.15) is 41.2 Å². The molecule has 4 rings (SSSR count). The van der Waals surface area contributed by atoms with Crippen molar-refractivity contribution in [2.45, 2.75) is 25.2 Å². The van der Waals surface area contributed by atoms with E-state index in [2.05, 4.69) is 15.5 Å². The molecule has 0 atom stereocenters. The highest BCUT2D eigenvalue weighted by molar-refractivity contribution is 5.93. The maximum atomic E-state index is 13.3. The number of nitrogens with one attached hydrogen (secondary N) is 1. The molecule has 1 aliphatic rings. The normalized spacial score (nSPS) is 15.3. The molecular weight excluding hydrogens is 401 g/mol. The van der Waals surface area contributed by atoms with Crippen molar-refractivity contribution in [2.24, 2.45) is 0 Å². The van der Waals surface area contributed by atoms with Crippen molar-refractivity contribution in [3.63, 3.8) is 0 Å². The summed E-state index contributed by atoms with van der Waals surface area (Å²) < 4.78 is 23.8. The number of ether oxygens (including phenoxy) is 1. The maximum Gasteiger partial charge on any atom is 0.274 e. The summed E-state index contributed by atoms with van der Waals surface area (Å²) in [6.45, 7) is 3.24. The Morgan fingerprint density at radius 2 is 2.10 bits per heavy atom. The predicted octanol–water partition coefficient (Wildman–Crippen LogP) is 3.91. The first-order chi connectivity index (χ1) is 15.1. The summed E-state index contributed by atoms with van der Waals surface area (Å²) >= 11 is 0. The van der Waals surface area contributed by atoms with E-state index in [1.165, 1.54) is 12.1 Å². The first-order valence-electron chi connectivity index (χ1n) is 10.5. The van der Waals surface area contributed by atoms with Crippen LogP contribution in [0, 0.1) is 5.82 Å². The summed E-state index contributed by atoms with van der Waals surface area (Å²) in [5, 5.41) is 5.10. The number of aromatic nitrogens is 1. The van der Waals surface area contributed by atoms with Crippen LogP contribution in [0.25, 0.3) is 11.0 Å². The van der Waals surface area contributed by atoms with E-state index in [0.29, 0.717) is 29.4 Å². The molecule has 1 saturated heterocycles. The average molecular weight is 427 g/mol. The number of hydrogen-bond donors (Lipinski definition) is 1. The molecule has 1 N–H and O–H groups in total.